The number of nitrogens with zero attached hydrogens (tertiary/aromatic N) is 1. The molecule has 0 saturated carbocycles. The predicted octanol–water partition coefficient (Wildman–Crippen LogP) is 5.89. The average Bonchev–Trinajstić information content (AvgIpc) is 3.29. The number of hydrogen-bond donors (Lipinski definition) is 2. The minimum Gasteiger partial charge on any atom is -0.619 e. The third kappa shape index (κ3) is 6.11. The van der Waals surface area contributed by atoms with Gasteiger partial charge in [-0.05, 0) is 59.5 Å². The number of halogens is 2. The first-order chi connectivity index (χ1) is 18.8. The summed E-state index contributed by atoms with van der Waals surface area (Å²) >= 11 is 6.16. The van der Waals surface area contributed by atoms with Crippen molar-refractivity contribution in [2.75, 3.05) is 0 Å². The summed E-state index contributed by atoms with van der Waals surface area (Å²) in [6, 6.07) is 23.5. The van der Waals surface area contributed by atoms with E-state index in [1.807, 2.05) is 67.6 Å². The lowest BCUT2D eigenvalue weighted by atomic mass is 9.94. The summed E-state index contributed by atoms with van der Waals surface area (Å²) in [6.45, 7) is 1.97. The van der Waals surface area contributed by atoms with Crippen molar-refractivity contribution in [3.63, 3.8) is 0 Å². The molecule has 5 aromatic rings. The summed E-state index contributed by atoms with van der Waals surface area (Å²) in [5, 5.41) is 26.3. The molecule has 198 valence electrons. The number of hydrogen-bond acceptors (Lipinski definition) is 4. The zero-order chi connectivity index (χ0) is 27.5. The number of pyridine rings is 1. The van der Waals surface area contributed by atoms with Crippen LogP contribution in [0.3, 0.4) is 0 Å². The van der Waals surface area contributed by atoms with E-state index in [1.54, 1.807) is 12.1 Å². The molecular formula is C31H26ClFN2O4. The number of amides is 1. The van der Waals surface area contributed by atoms with Crippen LogP contribution < -0.4 is 10.0 Å². The molecule has 3 aromatic carbocycles. The van der Waals surface area contributed by atoms with Gasteiger partial charge < -0.3 is 20.0 Å². The Labute approximate surface area is 229 Å². The highest BCUT2D eigenvalue weighted by atomic mass is 35.5. The zero-order valence-corrected chi connectivity index (χ0v) is 21.9. The molecule has 2 heterocycles. The van der Waals surface area contributed by atoms with Crippen LogP contribution in [0.2, 0.25) is 5.02 Å². The minimum atomic E-state index is -1.18. The lowest BCUT2D eigenvalue weighted by molar-refractivity contribution is -0.607. The van der Waals surface area contributed by atoms with Crippen LogP contribution in [0.1, 0.15) is 45.7 Å². The van der Waals surface area contributed by atoms with E-state index >= 15 is 0 Å². The van der Waals surface area contributed by atoms with Gasteiger partial charge in [-0.1, -0.05) is 54.1 Å². The number of benzene rings is 3. The number of fused-ring (bicyclic) bond motifs is 1. The van der Waals surface area contributed by atoms with E-state index in [-0.39, 0.29) is 30.4 Å². The van der Waals surface area contributed by atoms with Gasteiger partial charge in [-0.2, -0.15) is 9.12 Å². The summed E-state index contributed by atoms with van der Waals surface area (Å²) in [5.41, 5.74) is 4.31. The van der Waals surface area contributed by atoms with E-state index in [2.05, 4.69) is 5.32 Å². The maximum absolute atomic E-state index is 14.1. The predicted molar refractivity (Wildman–Crippen MR) is 147 cm³/mol. The fourth-order valence-corrected chi connectivity index (χ4v) is 4.96. The van der Waals surface area contributed by atoms with Crippen molar-refractivity contribution in [1.82, 2.24) is 5.32 Å². The summed E-state index contributed by atoms with van der Waals surface area (Å²) in [4.78, 5) is 13.2. The maximum atomic E-state index is 14.1. The van der Waals surface area contributed by atoms with E-state index in [4.69, 9.17) is 16.0 Å². The molecule has 0 aliphatic carbocycles. The number of carbonyl (C=O) groups excluding carboxylic acids is 1. The molecule has 2 unspecified atom stereocenters. The molecule has 0 fully saturated rings. The van der Waals surface area contributed by atoms with Gasteiger partial charge in [0.05, 0.1) is 18.6 Å². The topological polar surface area (TPSA) is 89.4 Å². The molecule has 2 aromatic heterocycles. The molecule has 0 aliphatic heterocycles. The van der Waals surface area contributed by atoms with Gasteiger partial charge in [-0.15, -0.1) is 0 Å². The first-order valence-corrected chi connectivity index (χ1v) is 12.8. The van der Waals surface area contributed by atoms with Gasteiger partial charge >= 0.3 is 0 Å². The van der Waals surface area contributed by atoms with Crippen molar-refractivity contribution >= 4 is 28.5 Å². The summed E-state index contributed by atoms with van der Waals surface area (Å²) in [5.74, 6) is -0.474. The Morgan fingerprint density at radius 1 is 1.08 bits per heavy atom. The van der Waals surface area contributed by atoms with E-state index < -0.39 is 11.9 Å². The third-order valence-electron chi connectivity index (χ3n) is 6.65. The van der Waals surface area contributed by atoms with Crippen LogP contribution in [0, 0.1) is 17.9 Å². The van der Waals surface area contributed by atoms with E-state index in [9.17, 15) is 19.5 Å². The lowest BCUT2D eigenvalue weighted by Gasteiger charge is -2.22. The lowest BCUT2D eigenvalue weighted by Crippen LogP contribution is -2.31. The van der Waals surface area contributed by atoms with Crippen molar-refractivity contribution in [1.29, 1.82) is 0 Å². The maximum Gasteiger partial charge on any atom is 0.225 e. The van der Waals surface area contributed by atoms with E-state index in [0.717, 1.165) is 40.0 Å². The molecular weight excluding hydrogens is 519 g/mol. The number of nitrogens with one attached hydrogen (secondary N) is 1. The monoisotopic (exact) mass is 544 g/mol. The molecule has 8 heteroatoms. The molecule has 6 nitrogen and oxygen atoms in total. The molecule has 0 aliphatic rings. The van der Waals surface area contributed by atoms with Gasteiger partial charge in [0.15, 0.2) is 12.0 Å². The third-order valence-corrected chi connectivity index (χ3v) is 6.88. The molecule has 0 spiro atoms. The van der Waals surface area contributed by atoms with Crippen LogP contribution in [-0.2, 0) is 17.6 Å². The van der Waals surface area contributed by atoms with Gasteiger partial charge in [0, 0.05) is 28.5 Å². The average molecular weight is 545 g/mol. The largest absolute Gasteiger partial charge is 0.619 e. The van der Waals surface area contributed by atoms with Crippen molar-refractivity contribution in [2.45, 2.75) is 31.9 Å². The normalized spacial score (nSPS) is 12.8. The molecule has 0 bridgehead atoms. The Morgan fingerprint density at radius 2 is 1.87 bits per heavy atom. The fourth-order valence-electron chi connectivity index (χ4n) is 4.74. The van der Waals surface area contributed by atoms with Crippen molar-refractivity contribution in [2.24, 2.45) is 0 Å². The van der Waals surface area contributed by atoms with Crippen molar-refractivity contribution in [3.8, 4) is 0 Å². The molecule has 2 atom stereocenters. The van der Waals surface area contributed by atoms with Crippen LogP contribution in [-0.4, -0.2) is 11.0 Å². The number of furan rings is 1. The molecule has 1 amide bonds. The van der Waals surface area contributed by atoms with Gasteiger partial charge in [-0.3, -0.25) is 4.79 Å². The standard InChI is InChI=1S/C31H26ClFN2O4/c1-19-13-23(32)8-9-25(19)31(21-5-3-2-4-6-21)34-30(37)15-20-7-10-29-22(14-20)16-24(39-29)17-28(36)26-11-12-35(38)18-27(26)33/h2-14,16,18,28,31,36H,15,17H2,1H3,(H,34,37). The number of aryl methyl sites for hydroxylation is 1. The van der Waals surface area contributed by atoms with Crippen molar-refractivity contribution in [3.05, 3.63) is 141 Å². The molecule has 39 heavy (non-hydrogen) atoms. The van der Waals surface area contributed by atoms with Gasteiger partial charge in [0.1, 0.15) is 11.3 Å². The quantitative estimate of drug-likeness (QED) is 0.188. The SMILES string of the molecule is Cc1cc(Cl)ccc1C(NC(=O)Cc1ccc2oc(CC(O)c3cc[n+]([O-])cc3F)cc2c1)c1ccccc1. The first-order valence-electron chi connectivity index (χ1n) is 12.4. The van der Waals surface area contributed by atoms with E-state index in [1.165, 1.54) is 6.07 Å². The van der Waals surface area contributed by atoms with Gasteiger partial charge in [-0.25, -0.2) is 0 Å². The highest BCUT2D eigenvalue weighted by Gasteiger charge is 2.20. The summed E-state index contributed by atoms with van der Waals surface area (Å²) in [6.07, 6.45) is 0.908. The Balaban J connectivity index is 1.32. The van der Waals surface area contributed by atoms with Crippen LogP contribution in [0.15, 0.2) is 95.7 Å². The first kappa shape index (κ1) is 26.4. The minimum absolute atomic E-state index is 0.0174. The molecule has 0 radical (unpaired) electrons. The van der Waals surface area contributed by atoms with Crippen LogP contribution >= 0.6 is 11.6 Å². The molecule has 2 N–H and O–H groups in total. The second-order valence-electron chi connectivity index (χ2n) is 9.50. The zero-order valence-electron chi connectivity index (χ0n) is 21.1. The Morgan fingerprint density at radius 3 is 2.62 bits per heavy atom. The summed E-state index contributed by atoms with van der Waals surface area (Å²) in [7, 11) is 0. The van der Waals surface area contributed by atoms with Crippen molar-refractivity contribution < 1.29 is 23.4 Å². The highest BCUT2D eigenvalue weighted by Crippen LogP contribution is 2.28. The van der Waals surface area contributed by atoms with Crippen LogP contribution in [0.4, 0.5) is 4.39 Å². The number of aliphatic hydroxyl groups is 1. The smallest absolute Gasteiger partial charge is 0.225 e. The second kappa shape index (κ2) is 11.3. The Hall–Kier alpha value is -4.20. The number of carbonyl (C=O) groups is 1. The van der Waals surface area contributed by atoms with Gasteiger partial charge in [0.2, 0.25) is 12.1 Å². The second-order valence-corrected chi connectivity index (χ2v) is 9.94. The number of rotatable bonds is 8. The highest BCUT2D eigenvalue weighted by molar-refractivity contribution is 6.30. The Bertz CT molecular complexity index is 1640. The Kier molecular flexibility index (Phi) is 7.63. The number of aromatic nitrogens is 1. The van der Waals surface area contributed by atoms with Crippen LogP contribution in [0.5, 0.6) is 0 Å². The number of aliphatic hydroxyl groups excluding tert-OH is 1. The summed E-state index contributed by atoms with van der Waals surface area (Å²) < 4.78 is 20.2. The van der Waals surface area contributed by atoms with Crippen LogP contribution in [0.25, 0.3) is 11.0 Å². The van der Waals surface area contributed by atoms with Gasteiger partial charge in [0.25, 0.3) is 0 Å². The fraction of sp³-hybridized carbons (Fsp3) is 0.161. The van der Waals surface area contributed by atoms with E-state index in [0.29, 0.717) is 21.1 Å². The molecule has 0 saturated heterocycles. The molecule has 5 rings (SSSR count).